The molecule has 0 aliphatic carbocycles. The number of methoxy groups -OCH3 is 1. The first kappa shape index (κ1) is 19.8. The minimum absolute atomic E-state index is 0.00523. The van der Waals surface area contributed by atoms with Gasteiger partial charge < -0.3 is 15.0 Å². The molecule has 1 fully saturated rings. The normalized spacial score (nSPS) is 15.6. The van der Waals surface area contributed by atoms with Crippen molar-refractivity contribution in [3.05, 3.63) is 58.7 Å². The number of piperidine rings is 1. The van der Waals surface area contributed by atoms with Crippen LogP contribution in [0.3, 0.4) is 0 Å². The number of hydrogen-bond acceptors (Lipinski definition) is 3. The van der Waals surface area contributed by atoms with Crippen molar-refractivity contribution >= 4 is 34.1 Å². The van der Waals surface area contributed by atoms with E-state index in [9.17, 15) is 4.79 Å². The molecule has 0 radical (unpaired) electrons. The van der Waals surface area contributed by atoms with Gasteiger partial charge in [0.25, 0.3) is 0 Å². The third kappa shape index (κ3) is 4.26. The number of fused-ring (bicyclic) bond motifs is 1. The number of halogens is 1. The Morgan fingerprint density at radius 3 is 2.83 bits per heavy atom. The first-order valence-electron chi connectivity index (χ1n) is 9.97. The van der Waals surface area contributed by atoms with E-state index in [2.05, 4.69) is 33.5 Å². The van der Waals surface area contributed by atoms with Crippen LogP contribution in [0.25, 0.3) is 10.9 Å². The van der Waals surface area contributed by atoms with Gasteiger partial charge >= 0.3 is 0 Å². The summed E-state index contributed by atoms with van der Waals surface area (Å²) in [5.41, 5.74) is 4.16. The highest BCUT2D eigenvalue weighted by Crippen LogP contribution is 2.34. The molecule has 0 saturated carbocycles. The molecule has 5 nitrogen and oxygen atoms in total. The van der Waals surface area contributed by atoms with Crippen LogP contribution >= 0.6 is 11.6 Å². The number of rotatable bonds is 5. The molecule has 29 heavy (non-hydrogen) atoms. The average molecular weight is 412 g/mol. The summed E-state index contributed by atoms with van der Waals surface area (Å²) in [5.74, 6) is 1.37. The van der Waals surface area contributed by atoms with Crippen molar-refractivity contribution in [3.8, 4) is 5.75 Å². The summed E-state index contributed by atoms with van der Waals surface area (Å²) in [7, 11) is 1.70. The van der Waals surface area contributed by atoms with E-state index in [0.717, 1.165) is 48.4 Å². The van der Waals surface area contributed by atoms with Crippen molar-refractivity contribution in [1.29, 1.82) is 0 Å². The number of carbonyl (C=O) groups is 1. The summed E-state index contributed by atoms with van der Waals surface area (Å²) in [6.45, 7) is 4.13. The van der Waals surface area contributed by atoms with Crippen LogP contribution in [0, 0.1) is 6.92 Å². The number of anilines is 1. The molecular weight excluding hydrogens is 386 g/mol. The smallest absolute Gasteiger partial charge is 0.238 e. The number of nitrogens with zero attached hydrogens (tertiary/aromatic N) is 1. The molecule has 0 spiro atoms. The topological polar surface area (TPSA) is 57.4 Å². The van der Waals surface area contributed by atoms with E-state index in [-0.39, 0.29) is 5.91 Å². The molecule has 2 N–H and O–H groups in total. The fourth-order valence-corrected chi connectivity index (χ4v) is 4.30. The number of likely N-dealkylation sites (tertiary alicyclic amines) is 1. The SMILES string of the molecule is COc1ccc2[nH]cc(C3CCN(CC(=O)Nc4cccc(Cl)c4C)CC3)c2c1. The Morgan fingerprint density at radius 2 is 2.07 bits per heavy atom. The molecule has 2 heterocycles. The lowest BCUT2D eigenvalue weighted by Crippen LogP contribution is -2.38. The molecule has 1 saturated heterocycles. The molecule has 1 aliphatic rings. The van der Waals surface area contributed by atoms with Crippen LogP contribution in [-0.2, 0) is 4.79 Å². The lowest BCUT2D eigenvalue weighted by atomic mass is 9.89. The minimum Gasteiger partial charge on any atom is -0.497 e. The Kier molecular flexibility index (Phi) is 5.79. The Balaban J connectivity index is 1.36. The second-order valence-corrected chi connectivity index (χ2v) is 8.07. The molecule has 1 amide bonds. The van der Waals surface area contributed by atoms with Gasteiger partial charge in [-0.3, -0.25) is 9.69 Å². The summed E-state index contributed by atoms with van der Waals surface area (Å²) in [6.07, 6.45) is 4.19. The quantitative estimate of drug-likeness (QED) is 0.624. The summed E-state index contributed by atoms with van der Waals surface area (Å²) >= 11 is 6.14. The third-order valence-corrected chi connectivity index (χ3v) is 6.27. The Bertz CT molecular complexity index is 1020. The van der Waals surface area contributed by atoms with E-state index < -0.39 is 0 Å². The number of ether oxygens (including phenoxy) is 1. The van der Waals surface area contributed by atoms with Crippen LogP contribution in [0.4, 0.5) is 5.69 Å². The van der Waals surface area contributed by atoms with E-state index in [0.29, 0.717) is 17.5 Å². The number of amides is 1. The molecule has 1 aliphatic heterocycles. The van der Waals surface area contributed by atoms with E-state index >= 15 is 0 Å². The minimum atomic E-state index is 0.00523. The predicted molar refractivity (Wildman–Crippen MR) is 118 cm³/mol. The Morgan fingerprint density at radius 1 is 1.28 bits per heavy atom. The van der Waals surface area contributed by atoms with Crippen molar-refractivity contribution in [2.75, 3.05) is 32.1 Å². The molecular formula is C23H26ClN3O2. The van der Waals surface area contributed by atoms with Crippen LogP contribution in [0.15, 0.2) is 42.6 Å². The standard InChI is InChI=1S/C23H26ClN3O2/c1-15-20(24)4-3-5-21(15)26-23(28)14-27-10-8-16(9-11-27)19-13-25-22-7-6-17(29-2)12-18(19)22/h3-7,12-13,16,25H,8-11,14H2,1-2H3,(H,26,28). The molecule has 4 rings (SSSR count). The highest BCUT2D eigenvalue weighted by Gasteiger charge is 2.24. The Labute approximate surface area is 176 Å². The summed E-state index contributed by atoms with van der Waals surface area (Å²) in [5, 5.41) is 4.89. The van der Waals surface area contributed by atoms with Gasteiger partial charge in [-0.2, -0.15) is 0 Å². The number of H-pyrrole nitrogens is 1. The van der Waals surface area contributed by atoms with Gasteiger partial charge in [-0.25, -0.2) is 0 Å². The van der Waals surface area contributed by atoms with Gasteiger partial charge in [0, 0.05) is 27.8 Å². The molecule has 152 valence electrons. The lowest BCUT2D eigenvalue weighted by molar-refractivity contribution is -0.117. The van der Waals surface area contributed by atoms with Crippen LogP contribution in [0.1, 0.15) is 29.9 Å². The zero-order valence-electron chi connectivity index (χ0n) is 16.8. The monoisotopic (exact) mass is 411 g/mol. The van der Waals surface area contributed by atoms with E-state index in [1.54, 1.807) is 7.11 Å². The molecule has 6 heteroatoms. The fourth-order valence-electron chi connectivity index (χ4n) is 4.12. The van der Waals surface area contributed by atoms with E-state index in [1.165, 1.54) is 10.9 Å². The third-order valence-electron chi connectivity index (χ3n) is 5.86. The van der Waals surface area contributed by atoms with Gasteiger partial charge in [-0.15, -0.1) is 0 Å². The largest absolute Gasteiger partial charge is 0.497 e. The number of carbonyl (C=O) groups excluding carboxylic acids is 1. The lowest BCUT2D eigenvalue weighted by Gasteiger charge is -2.31. The molecule has 0 bridgehead atoms. The molecule has 0 atom stereocenters. The number of nitrogens with one attached hydrogen (secondary N) is 2. The molecule has 1 aromatic heterocycles. The van der Waals surface area contributed by atoms with Crippen LogP contribution in [0.5, 0.6) is 5.75 Å². The van der Waals surface area contributed by atoms with Gasteiger partial charge in [0.2, 0.25) is 5.91 Å². The fraction of sp³-hybridized carbons (Fsp3) is 0.348. The van der Waals surface area contributed by atoms with E-state index in [1.807, 2.05) is 31.2 Å². The summed E-state index contributed by atoms with van der Waals surface area (Å²) in [6, 6.07) is 11.7. The number of benzene rings is 2. The van der Waals surface area contributed by atoms with Gasteiger partial charge in [0.1, 0.15) is 5.75 Å². The van der Waals surface area contributed by atoms with Gasteiger partial charge in [-0.05, 0) is 80.2 Å². The predicted octanol–water partition coefficient (Wildman–Crippen LogP) is 4.96. The van der Waals surface area contributed by atoms with Crippen LogP contribution in [0.2, 0.25) is 5.02 Å². The second kappa shape index (κ2) is 8.47. The van der Waals surface area contributed by atoms with Crippen LogP contribution < -0.4 is 10.1 Å². The number of aromatic amines is 1. The van der Waals surface area contributed by atoms with E-state index in [4.69, 9.17) is 16.3 Å². The zero-order chi connectivity index (χ0) is 20.4. The first-order valence-corrected chi connectivity index (χ1v) is 10.4. The van der Waals surface area contributed by atoms with Crippen molar-refractivity contribution in [1.82, 2.24) is 9.88 Å². The average Bonchev–Trinajstić information content (AvgIpc) is 3.15. The molecule has 0 unspecified atom stereocenters. The van der Waals surface area contributed by atoms with Crippen molar-refractivity contribution in [2.24, 2.45) is 0 Å². The number of hydrogen-bond donors (Lipinski definition) is 2. The van der Waals surface area contributed by atoms with Gasteiger partial charge in [-0.1, -0.05) is 17.7 Å². The van der Waals surface area contributed by atoms with Crippen LogP contribution in [-0.4, -0.2) is 42.5 Å². The second-order valence-electron chi connectivity index (χ2n) is 7.67. The number of aromatic nitrogens is 1. The maximum absolute atomic E-state index is 12.5. The summed E-state index contributed by atoms with van der Waals surface area (Å²) in [4.78, 5) is 18.1. The highest BCUT2D eigenvalue weighted by molar-refractivity contribution is 6.31. The maximum atomic E-state index is 12.5. The zero-order valence-corrected chi connectivity index (χ0v) is 17.6. The Hall–Kier alpha value is -2.50. The molecule has 2 aromatic carbocycles. The van der Waals surface area contributed by atoms with Crippen molar-refractivity contribution in [3.63, 3.8) is 0 Å². The van der Waals surface area contributed by atoms with Gasteiger partial charge in [0.05, 0.1) is 13.7 Å². The summed E-state index contributed by atoms with van der Waals surface area (Å²) < 4.78 is 5.38. The first-order chi connectivity index (χ1) is 14.0. The van der Waals surface area contributed by atoms with Crippen molar-refractivity contribution in [2.45, 2.75) is 25.7 Å². The highest BCUT2D eigenvalue weighted by atomic mass is 35.5. The maximum Gasteiger partial charge on any atom is 0.238 e. The van der Waals surface area contributed by atoms with Gasteiger partial charge in [0.15, 0.2) is 0 Å². The van der Waals surface area contributed by atoms with Crippen molar-refractivity contribution < 1.29 is 9.53 Å². The molecule has 3 aromatic rings.